The average Bonchev–Trinajstić information content (AvgIpc) is 2.72. The summed E-state index contributed by atoms with van der Waals surface area (Å²) in [5.74, 6) is -0.754. The maximum Gasteiger partial charge on any atom is 0.446 e. The Balaban J connectivity index is 1.70. The lowest BCUT2D eigenvalue weighted by atomic mass is 9.87. The smallest absolute Gasteiger partial charge is 0.327 e. The fourth-order valence-corrected chi connectivity index (χ4v) is 4.32. The molecule has 1 amide bonds. The Morgan fingerprint density at radius 2 is 1.53 bits per heavy atom. The Kier molecular flexibility index (Phi) is 5.56. The van der Waals surface area contributed by atoms with E-state index in [1.165, 1.54) is 30.3 Å². The van der Waals surface area contributed by atoms with Gasteiger partial charge in [-0.05, 0) is 59.6 Å². The zero-order chi connectivity index (χ0) is 21.3. The summed E-state index contributed by atoms with van der Waals surface area (Å²) in [6.45, 7) is 0.383. The summed E-state index contributed by atoms with van der Waals surface area (Å²) < 4.78 is 52.4. The van der Waals surface area contributed by atoms with E-state index in [0.717, 1.165) is 11.1 Å². The minimum absolute atomic E-state index is 0.00805. The lowest BCUT2D eigenvalue weighted by Crippen LogP contribution is -2.41. The molecule has 0 saturated heterocycles. The Hall–Kier alpha value is -2.80. The van der Waals surface area contributed by atoms with Crippen LogP contribution in [-0.4, -0.2) is 22.9 Å². The molecule has 0 aromatic heterocycles. The van der Waals surface area contributed by atoms with Crippen molar-refractivity contribution in [3.05, 3.63) is 101 Å². The van der Waals surface area contributed by atoms with E-state index in [2.05, 4.69) is 0 Å². The maximum absolute atomic E-state index is 14.7. The molecule has 0 bridgehead atoms. The summed E-state index contributed by atoms with van der Waals surface area (Å²) in [7, 11) is 0. The first-order valence-electron chi connectivity index (χ1n) is 9.32. The van der Waals surface area contributed by atoms with Crippen molar-refractivity contribution >= 4 is 17.7 Å². The van der Waals surface area contributed by atoms with Gasteiger partial charge in [0.1, 0.15) is 5.82 Å². The van der Waals surface area contributed by atoms with Gasteiger partial charge >= 0.3 is 5.51 Å². The molecule has 0 N–H and O–H groups in total. The number of nitrogens with zero attached hydrogens (tertiary/aromatic N) is 1. The maximum atomic E-state index is 14.7. The molecular formula is C23H17F4NOS. The first-order valence-corrected chi connectivity index (χ1v) is 10.1. The molecule has 0 fully saturated rings. The zero-order valence-electron chi connectivity index (χ0n) is 15.7. The molecule has 0 aliphatic carbocycles. The molecule has 4 rings (SSSR count). The zero-order valence-corrected chi connectivity index (χ0v) is 16.5. The van der Waals surface area contributed by atoms with Crippen molar-refractivity contribution in [3.8, 4) is 0 Å². The van der Waals surface area contributed by atoms with Crippen molar-refractivity contribution in [2.45, 2.75) is 22.9 Å². The molecule has 1 aliphatic heterocycles. The highest BCUT2D eigenvalue weighted by Crippen LogP contribution is 2.39. The number of halogens is 4. The topological polar surface area (TPSA) is 20.3 Å². The summed E-state index contributed by atoms with van der Waals surface area (Å²) in [4.78, 5) is 14.9. The largest absolute Gasteiger partial charge is 0.446 e. The minimum atomic E-state index is -4.39. The van der Waals surface area contributed by atoms with Crippen LogP contribution in [0.1, 0.15) is 33.1 Å². The van der Waals surface area contributed by atoms with E-state index in [1.54, 1.807) is 23.1 Å². The van der Waals surface area contributed by atoms with Gasteiger partial charge in [-0.1, -0.05) is 42.5 Å². The monoisotopic (exact) mass is 431 g/mol. The third kappa shape index (κ3) is 4.21. The van der Waals surface area contributed by atoms with Gasteiger partial charge in [0, 0.05) is 22.6 Å². The van der Waals surface area contributed by atoms with Crippen molar-refractivity contribution in [3.63, 3.8) is 0 Å². The summed E-state index contributed by atoms with van der Waals surface area (Å²) in [6, 6.07) is 18.7. The Labute approximate surface area is 175 Å². The summed E-state index contributed by atoms with van der Waals surface area (Å²) in [6.07, 6.45) is 0.620. The normalized spacial score (nSPS) is 16.3. The first-order chi connectivity index (χ1) is 14.3. The van der Waals surface area contributed by atoms with E-state index in [-0.39, 0.29) is 28.1 Å². The summed E-state index contributed by atoms with van der Waals surface area (Å²) >= 11 is -0.228. The van der Waals surface area contributed by atoms with Gasteiger partial charge in [0.05, 0.1) is 6.04 Å². The van der Waals surface area contributed by atoms with E-state index in [4.69, 9.17) is 0 Å². The van der Waals surface area contributed by atoms with Gasteiger partial charge in [-0.15, -0.1) is 0 Å². The molecule has 1 aliphatic rings. The number of carbonyl (C=O) groups excluding carboxylic acids is 1. The molecule has 154 valence electrons. The Bertz CT molecular complexity index is 1070. The average molecular weight is 431 g/mol. The molecular weight excluding hydrogens is 414 g/mol. The van der Waals surface area contributed by atoms with Crippen LogP contribution < -0.4 is 0 Å². The SMILES string of the molecule is O=C(c1ccc(SC(F)(F)F)cc1)N1CCc2ccccc2C1c1ccccc1F. The van der Waals surface area contributed by atoms with Crippen LogP contribution in [-0.2, 0) is 6.42 Å². The fraction of sp³-hybridized carbons (Fsp3) is 0.174. The van der Waals surface area contributed by atoms with Gasteiger partial charge < -0.3 is 4.90 Å². The number of hydrogen-bond donors (Lipinski definition) is 0. The van der Waals surface area contributed by atoms with Crippen LogP contribution in [0.2, 0.25) is 0 Å². The van der Waals surface area contributed by atoms with Crippen LogP contribution in [0.4, 0.5) is 17.6 Å². The van der Waals surface area contributed by atoms with Crippen LogP contribution in [0.15, 0.2) is 77.7 Å². The van der Waals surface area contributed by atoms with E-state index in [9.17, 15) is 22.4 Å². The lowest BCUT2D eigenvalue weighted by Gasteiger charge is -2.38. The molecule has 3 aromatic carbocycles. The van der Waals surface area contributed by atoms with Crippen LogP contribution in [0.3, 0.4) is 0 Å². The van der Waals surface area contributed by atoms with Gasteiger partial charge in [0.25, 0.3) is 5.91 Å². The van der Waals surface area contributed by atoms with Gasteiger partial charge in [-0.2, -0.15) is 13.2 Å². The van der Waals surface area contributed by atoms with Crippen LogP contribution in [0, 0.1) is 5.82 Å². The molecule has 1 heterocycles. The van der Waals surface area contributed by atoms with Gasteiger partial charge in [-0.25, -0.2) is 4.39 Å². The fourth-order valence-electron chi connectivity index (χ4n) is 3.78. The molecule has 0 spiro atoms. The molecule has 1 atom stereocenters. The number of benzene rings is 3. The standard InChI is InChI=1S/C23H17F4NOS/c24-20-8-4-3-7-19(20)21-18-6-2-1-5-15(18)13-14-28(21)22(29)16-9-11-17(12-10-16)30-23(25,26)27/h1-12,21H,13-14H2. The second-order valence-electron chi connectivity index (χ2n) is 6.94. The molecule has 30 heavy (non-hydrogen) atoms. The molecule has 3 aromatic rings. The van der Waals surface area contributed by atoms with Gasteiger partial charge in [0.15, 0.2) is 0 Å². The number of carbonyl (C=O) groups is 1. The van der Waals surface area contributed by atoms with Gasteiger partial charge in [0.2, 0.25) is 0 Å². The third-order valence-corrected chi connectivity index (χ3v) is 5.82. The molecule has 1 unspecified atom stereocenters. The van der Waals surface area contributed by atoms with Crippen LogP contribution >= 0.6 is 11.8 Å². The highest BCUT2D eigenvalue weighted by molar-refractivity contribution is 8.00. The number of alkyl halides is 3. The molecule has 7 heteroatoms. The van der Waals surface area contributed by atoms with Crippen molar-refractivity contribution in [2.75, 3.05) is 6.54 Å². The van der Waals surface area contributed by atoms with Crippen molar-refractivity contribution in [1.82, 2.24) is 4.90 Å². The van der Waals surface area contributed by atoms with Crippen LogP contribution in [0.5, 0.6) is 0 Å². The van der Waals surface area contributed by atoms with E-state index < -0.39 is 17.4 Å². The molecule has 0 saturated carbocycles. The summed E-state index contributed by atoms with van der Waals surface area (Å²) in [5, 5.41) is 0. The first kappa shape index (κ1) is 20.5. The lowest BCUT2D eigenvalue weighted by molar-refractivity contribution is -0.0328. The minimum Gasteiger partial charge on any atom is -0.327 e. The quantitative estimate of drug-likeness (QED) is 0.362. The van der Waals surface area contributed by atoms with Gasteiger partial charge in [-0.3, -0.25) is 4.79 Å². The Morgan fingerprint density at radius 3 is 2.20 bits per heavy atom. The summed E-state index contributed by atoms with van der Waals surface area (Å²) in [5.41, 5.74) is -1.83. The van der Waals surface area contributed by atoms with E-state index >= 15 is 0 Å². The second kappa shape index (κ2) is 8.14. The number of amides is 1. The Morgan fingerprint density at radius 1 is 0.900 bits per heavy atom. The highest BCUT2D eigenvalue weighted by atomic mass is 32.2. The van der Waals surface area contributed by atoms with E-state index in [0.29, 0.717) is 18.5 Å². The van der Waals surface area contributed by atoms with E-state index in [1.807, 2.05) is 24.3 Å². The van der Waals surface area contributed by atoms with Crippen molar-refractivity contribution in [1.29, 1.82) is 0 Å². The number of thioether (sulfide) groups is 1. The van der Waals surface area contributed by atoms with Crippen molar-refractivity contribution < 1.29 is 22.4 Å². The number of fused-ring (bicyclic) bond motifs is 1. The highest BCUT2D eigenvalue weighted by Gasteiger charge is 2.34. The molecule has 2 nitrogen and oxygen atoms in total. The molecule has 0 radical (unpaired) electrons. The second-order valence-corrected chi connectivity index (χ2v) is 8.08. The number of rotatable bonds is 3. The van der Waals surface area contributed by atoms with Crippen molar-refractivity contribution in [2.24, 2.45) is 0 Å². The predicted molar refractivity (Wildman–Crippen MR) is 108 cm³/mol. The van der Waals surface area contributed by atoms with Crippen LogP contribution in [0.25, 0.3) is 0 Å². The number of hydrogen-bond acceptors (Lipinski definition) is 2. The third-order valence-electron chi connectivity index (χ3n) is 5.08. The predicted octanol–water partition coefficient (Wildman–Crippen LogP) is 6.23.